The van der Waals surface area contributed by atoms with Gasteiger partial charge < -0.3 is 25.3 Å². The third-order valence-corrected chi connectivity index (χ3v) is 5.21. The minimum Gasteiger partial charge on any atom is -0.480 e. The molecule has 9 nitrogen and oxygen atoms in total. The number of aromatic nitrogens is 2. The normalized spacial score (nSPS) is 25.1. The van der Waals surface area contributed by atoms with Gasteiger partial charge >= 0.3 is 0 Å². The van der Waals surface area contributed by atoms with E-state index in [0.29, 0.717) is 5.69 Å². The summed E-state index contributed by atoms with van der Waals surface area (Å²) in [6, 6.07) is 3.90. The summed E-state index contributed by atoms with van der Waals surface area (Å²) in [6.07, 6.45) is 1.77. The maximum absolute atomic E-state index is 14.8. The number of nitrogens with zero attached hydrogens (tertiary/aromatic N) is 3. The maximum atomic E-state index is 14.8. The molecule has 2 aliphatic heterocycles. The molecule has 1 unspecified atom stereocenters. The Morgan fingerprint density at radius 1 is 1.40 bits per heavy atom. The van der Waals surface area contributed by atoms with Crippen molar-refractivity contribution in [2.75, 3.05) is 32.3 Å². The smallest absolute Gasteiger partial charge is 0.282 e. The van der Waals surface area contributed by atoms with E-state index in [4.69, 9.17) is 19.9 Å². The first-order valence-corrected chi connectivity index (χ1v) is 9.10. The highest BCUT2D eigenvalue weighted by Gasteiger charge is 2.55. The molecule has 1 aromatic carbocycles. The van der Waals surface area contributed by atoms with Crippen LogP contribution in [0.2, 0.25) is 0 Å². The molecule has 1 amide bonds. The largest absolute Gasteiger partial charge is 0.480 e. The fourth-order valence-corrected chi connectivity index (χ4v) is 3.69. The molecule has 0 aliphatic carbocycles. The number of halogens is 2. The molecule has 1 fully saturated rings. The fraction of sp³-hybridized carbons (Fsp3) is 0.368. The van der Waals surface area contributed by atoms with Gasteiger partial charge in [0, 0.05) is 11.3 Å². The topological polar surface area (TPSA) is 121 Å². The van der Waals surface area contributed by atoms with Gasteiger partial charge in [-0.25, -0.2) is 23.7 Å². The van der Waals surface area contributed by atoms with Crippen LogP contribution in [0.1, 0.15) is 16.1 Å². The monoisotopic (exact) mass is 419 g/mol. The molecular weight excluding hydrogens is 400 g/mol. The van der Waals surface area contributed by atoms with Crippen LogP contribution in [-0.2, 0) is 15.0 Å². The van der Waals surface area contributed by atoms with Crippen LogP contribution in [-0.4, -0.2) is 55.0 Å². The van der Waals surface area contributed by atoms with E-state index in [-0.39, 0.29) is 36.4 Å². The number of carbonyl (C=O) groups excluding carboxylic acids is 1. The molecule has 0 bridgehead atoms. The SMILES string of the molecule is COc1cnc(C(=O)Nc2ccc(F)c(C34CO[C@H](CF)[C@H]3COC(N)=N4)c2)cn1. The van der Waals surface area contributed by atoms with Crippen molar-refractivity contribution >= 4 is 17.6 Å². The van der Waals surface area contributed by atoms with E-state index in [0.717, 1.165) is 0 Å². The van der Waals surface area contributed by atoms with Crippen molar-refractivity contribution in [1.82, 2.24) is 9.97 Å². The third kappa shape index (κ3) is 3.41. The molecule has 3 N–H and O–H groups in total. The third-order valence-electron chi connectivity index (χ3n) is 5.21. The van der Waals surface area contributed by atoms with E-state index in [1.165, 1.54) is 37.7 Å². The number of amides is 1. The molecule has 1 saturated heterocycles. The molecule has 11 heteroatoms. The lowest BCUT2D eigenvalue weighted by molar-refractivity contribution is 0.0528. The summed E-state index contributed by atoms with van der Waals surface area (Å²) in [7, 11) is 1.43. The lowest BCUT2D eigenvalue weighted by atomic mass is 9.78. The Hall–Kier alpha value is -3.34. The quantitative estimate of drug-likeness (QED) is 0.751. The molecule has 0 saturated carbocycles. The highest BCUT2D eigenvalue weighted by Crippen LogP contribution is 2.46. The van der Waals surface area contributed by atoms with Gasteiger partial charge in [0.15, 0.2) is 0 Å². The maximum Gasteiger partial charge on any atom is 0.282 e. The van der Waals surface area contributed by atoms with Crippen molar-refractivity contribution in [3.8, 4) is 5.88 Å². The van der Waals surface area contributed by atoms with Gasteiger partial charge in [0.1, 0.15) is 23.7 Å². The van der Waals surface area contributed by atoms with E-state index >= 15 is 0 Å². The first-order valence-electron chi connectivity index (χ1n) is 9.10. The minimum atomic E-state index is -1.25. The lowest BCUT2D eigenvalue weighted by Crippen LogP contribution is -2.45. The second-order valence-electron chi connectivity index (χ2n) is 6.89. The Morgan fingerprint density at radius 2 is 2.23 bits per heavy atom. The number of hydrogen-bond donors (Lipinski definition) is 2. The molecule has 0 radical (unpaired) electrons. The summed E-state index contributed by atoms with van der Waals surface area (Å²) in [6.45, 7) is -0.782. The van der Waals surface area contributed by atoms with Crippen molar-refractivity contribution in [3.05, 3.63) is 47.7 Å². The molecular formula is C19H19F2N5O4. The number of aliphatic imine (C=N–C) groups is 1. The van der Waals surface area contributed by atoms with Crippen LogP contribution in [0.3, 0.4) is 0 Å². The summed E-state index contributed by atoms with van der Waals surface area (Å²) in [5, 5.41) is 2.64. The zero-order valence-corrected chi connectivity index (χ0v) is 16.0. The van der Waals surface area contributed by atoms with Gasteiger partial charge in [0.25, 0.3) is 11.9 Å². The number of alkyl halides is 1. The number of methoxy groups -OCH3 is 1. The van der Waals surface area contributed by atoms with E-state index in [1.807, 2.05) is 0 Å². The molecule has 158 valence electrons. The average Bonchev–Trinajstić information content (AvgIpc) is 3.13. The lowest BCUT2D eigenvalue weighted by Gasteiger charge is -2.35. The summed E-state index contributed by atoms with van der Waals surface area (Å²) >= 11 is 0. The van der Waals surface area contributed by atoms with Crippen LogP contribution < -0.4 is 15.8 Å². The summed E-state index contributed by atoms with van der Waals surface area (Å²) in [4.78, 5) is 24.7. The molecule has 1 aromatic heterocycles. The van der Waals surface area contributed by atoms with Gasteiger partial charge in [-0.2, -0.15) is 0 Å². The highest BCUT2D eigenvalue weighted by molar-refractivity contribution is 6.02. The van der Waals surface area contributed by atoms with Crippen LogP contribution in [0.15, 0.2) is 35.6 Å². The zero-order chi connectivity index (χ0) is 21.3. The minimum absolute atomic E-state index is 0.0430. The number of ether oxygens (including phenoxy) is 3. The Bertz CT molecular complexity index is 987. The molecule has 4 rings (SSSR count). The summed E-state index contributed by atoms with van der Waals surface area (Å²) in [5.41, 5.74) is 4.96. The Morgan fingerprint density at radius 3 is 2.93 bits per heavy atom. The van der Waals surface area contributed by atoms with Gasteiger partial charge in [-0.15, -0.1) is 0 Å². The second kappa shape index (κ2) is 7.82. The predicted molar refractivity (Wildman–Crippen MR) is 101 cm³/mol. The second-order valence-corrected chi connectivity index (χ2v) is 6.89. The van der Waals surface area contributed by atoms with E-state index < -0.39 is 36.0 Å². The van der Waals surface area contributed by atoms with Crippen molar-refractivity contribution in [3.63, 3.8) is 0 Å². The van der Waals surface area contributed by atoms with Crippen LogP contribution in [0.25, 0.3) is 0 Å². The molecule has 2 aliphatic rings. The van der Waals surface area contributed by atoms with Gasteiger partial charge in [0.2, 0.25) is 5.88 Å². The fourth-order valence-electron chi connectivity index (χ4n) is 3.69. The number of nitrogens with two attached hydrogens (primary N) is 1. The van der Waals surface area contributed by atoms with Crippen molar-refractivity contribution in [1.29, 1.82) is 0 Å². The number of fused-ring (bicyclic) bond motifs is 1. The number of carbonyl (C=O) groups is 1. The number of nitrogens with one attached hydrogen (secondary N) is 1. The van der Waals surface area contributed by atoms with Crippen LogP contribution in [0.4, 0.5) is 14.5 Å². The highest BCUT2D eigenvalue weighted by atomic mass is 19.1. The van der Waals surface area contributed by atoms with Gasteiger partial charge in [-0.05, 0) is 18.2 Å². The Balaban J connectivity index is 1.66. The molecule has 30 heavy (non-hydrogen) atoms. The Kier molecular flexibility index (Phi) is 5.20. The molecule has 0 spiro atoms. The number of rotatable bonds is 5. The first-order chi connectivity index (χ1) is 14.5. The average molecular weight is 419 g/mol. The number of hydrogen-bond acceptors (Lipinski definition) is 8. The van der Waals surface area contributed by atoms with Crippen LogP contribution in [0, 0.1) is 11.7 Å². The Labute approximate surface area is 170 Å². The van der Waals surface area contributed by atoms with Crippen LogP contribution in [0.5, 0.6) is 5.88 Å². The van der Waals surface area contributed by atoms with Crippen molar-refractivity contribution < 1.29 is 27.8 Å². The molecule has 3 atom stereocenters. The first kappa shape index (κ1) is 20.0. The van der Waals surface area contributed by atoms with Crippen LogP contribution >= 0.6 is 0 Å². The van der Waals surface area contributed by atoms with Crippen molar-refractivity contribution in [2.24, 2.45) is 16.6 Å². The van der Waals surface area contributed by atoms with Gasteiger partial charge in [-0.3, -0.25) is 4.79 Å². The number of benzene rings is 1. The summed E-state index contributed by atoms with van der Waals surface area (Å²) in [5.74, 6) is -1.43. The van der Waals surface area contributed by atoms with Gasteiger partial charge in [0.05, 0.1) is 44.7 Å². The number of amidine groups is 1. The molecule has 3 heterocycles. The van der Waals surface area contributed by atoms with E-state index in [1.54, 1.807) is 0 Å². The molecule has 2 aromatic rings. The summed E-state index contributed by atoms with van der Waals surface area (Å²) < 4.78 is 43.9. The van der Waals surface area contributed by atoms with Crippen molar-refractivity contribution in [2.45, 2.75) is 11.6 Å². The van der Waals surface area contributed by atoms with E-state index in [9.17, 15) is 13.6 Å². The standard InChI is InChI=1S/C19H19F2N5O4/c1-28-16-7-23-14(6-24-16)17(27)25-10-2-3-13(21)11(4-10)19-9-30-15(5-20)12(19)8-29-18(22)26-19/h2-4,6-7,12,15H,5,8-9H2,1H3,(H2,22,26)(H,25,27)/t12-,15-,19?/m1/s1. The number of anilines is 1. The van der Waals surface area contributed by atoms with Gasteiger partial charge in [-0.1, -0.05) is 0 Å². The predicted octanol–water partition coefficient (Wildman–Crippen LogP) is 1.40. The van der Waals surface area contributed by atoms with E-state index in [2.05, 4.69) is 20.3 Å². The zero-order valence-electron chi connectivity index (χ0n) is 16.0.